The standard InChI is InChI=1S/C11H23N3O/c1-2-10-6-4-3-5-8-14(10)9-7-11(12)13-15/h10,15H,2-9H2,1H3,(H2,12,13). The molecule has 4 heteroatoms. The molecular formula is C11H23N3O. The van der Waals surface area contributed by atoms with E-state index in [9.17, 15) is 0 Å². The molecule has 0 radical (unpaired) electrons. The van der Waals surface area contributed by atoms with Crippen LogP contribution in [0.3, 0.4) is 0 Å². The average Bonchev–Trinajstić information content (AvgIpc) is 2.50. The minimum absolute atomic E-state index is 0.342. The highest BCUT2D eigenvalue weighted by Gasteiger charge is 2.18. The van der Waals surface area contributed by atoms with Gasteiger partial charge in [-0.25, -0.2) is 0 Å². The average molecular weight is 213 g/mol. The summed E-state index contributed by atoms with van der Waals surface area (Å²) in [6, 6.07) is 0.694. The monoisotopic (exact) mass is 213 g/mol. The largest absolute Gasteiger partial charge is 0.409 e. The second-order valence-corrected chi connectivity index (χ2v) is 4.29. The van der Waals surface area contributed by atoms with Crippen LogP contribution in [0.5, 0.6) is 0 Å². The van der Waals surface area contributed by atoms with Gasteiger partial charge in [-0.05, 0) is 25.8 Å². The zero-order chi connectivity index (χ0) is 11.1. The molecule has 0 bridgehead atoms. The number of oxime groups is 1. The molecule has 1 rings (SSSR count). The van der Waals surface area contributed by atoms with Crippen molar-refractivity contribution in [3.8, 4) is 0 Å². The lowest BCUT2D eigenvalue weighted by atomic mass is 10.1. The zero-order valence-electron chi connectivity index (χ0n) is 9.65. The molecule has 1 atom stereocenters. The summed E-state index contributed by atoms with van der Waals surface area (Å²) >= 11 is 0. The number of nitrogens with zero attached hydrogens (tertiary/aromatic N) is 2. The van der Waals surface area contributed by atoms with Gasteiger partial charge < -0.3 is 10.9 Å². The first-order valence-corrected chi connectivity index (χ1v) is 5.98. The van der Waals surface area contributed by atoms with Crippen molar-refractivity contribution in [2.24, 2.45) is 10.9 Å². The van der Waals surface area contributed by atoms with E-state index in [0.29, 0.717) is 18.3 Å². The molecule has 1 fully saturated rings. The molecule has 0 aliphatic carbocycles. The number of likely N-dealkylation sites (tertiary alicyclic amines) is 1. The molecule has 0 aromatic rings. The van der Waals surface area contributed by atoms with Gasteiger partial charge in [0.25, 0.3) is 0 Å². The Morgan fingerprint density at radius 2 is 2.27 bits per heavy atom. The minimum Gasteiger partial charge on any atom is -0.409 e. The van der Waals surface area contributed by atoms with E-state index < -0.39 is 0 Å². The lowest BCUT2D eigenvalue weighted by molar-refractivity contribution is 0.199. The van der Waals surface area contributed by atoms with Crippen molar-refractivity contribution >= 4 is 5.84 Å². The second-order valence-electron chi connectivity index (χ2n) is 4.29. The Balaban J connectivity index is 2.41. The third-order valence-electron chi connectivity index (χ3n) is 3.25. The fourth-order valence-electron chi connectivity index (χ4n) is 2.30. The molecule has 88 valence electrons. The zero-order valence-corrected chi connectivity index (χ0v) is 9.65. The van der Waals surface area contributed by atoms with Crippen LogP contribution < -0.4 is 5.73 Å². The van der Waals surface area contributed by atoms with E-state index in [1.807, 2.05) is 0 Å². The molecule has 4 nitrogen and oxygen atoms in total. The van der Waals surface area contributed by atoms with E-state index in [1.54, 1.807) is 0 Å². The van der Waals surface area contributed by atoms with Gasteiger partial charge in [-0.3, -0.25) is 4.90 Å². The van der Waals surface area contributed by atoms with Crippen molar-refractivity contribution in [3.05, 3.63) is 0 Å². The van der Waals surface area contributed by atoms with E-state index in [0.717, 1.165) is 13.1 Å². The molecular weight excluding hydrogens is 190 g/mol. The lowest BCUT2D eigenvalue weighted by Gasteiger charge is -2.28. The molecule has 0 amide bonds. The summed E-state index contributed by atoms with van der Waals surface area (Å²) in [6.45, 7) is 4.33. The summed E-state index contributed by atoms with van der Waals surface area (Å²) in [5.41, 5.74) is 5.49. The summed E-state index contributed by atoms with van der Waals surface area (Å²) in [5.74, 6) is 0.342. The first-order valence-electron chi connectivity index (χ1n) is 5.98. The summed E-state index contributed by atoms with van der Waals surface area (Å²) in [7, 11) is 0. The molecule has 0 aromatic carbocycles. The minimum atomic E-state index is 0.342. The van der Waals surface area contributed by atoms with Crippen molar-refractivity contribution in [1.82, 2.24) is 4.90 Å². The maximum absolute atomic E-state index is 8.49. The van der Waals surface area contributed by atoms with Crippen molar-refractivity contribution < 1.29 is 5.21 Å². The quantitative estimate of drug-likeness (QED) is 0.324. The Bertz CT molecular complexity index is 206. The van der Waals surface area contributed by atoms with Gasteiger partial charge >= 0.3 is 0 Å². The summed E-state index contributed by atoms with van der Waals surface area (Å²) < 4.78 is 0. The van der Waals surface area contributed by atoms with Crippen LogP contribution in [-0.2, 0) is 0 Å². The predicted molar refractivity (Wildman–Crippen MR) is 62.1 cm³/mol. The van der Waals surface area contributed by atoms with Crippen LogP contribution in [0, 0.1) is 0 Å². The molecule has 0 aromatic heterocycles. The summed E-state index contributed by atoms with van der Waals surface area (Å²) in [5, 5.41) is 11.5. The smallest absolute Gasteiger partial charge is 0.140 e. The fourth-order valence-corrected chi connectivity index (χ4v) is 2.30. The van der Waals surface area contributed by atoms with Crippen LogP contribution in [-0.4, -0.2) is 35.1 Å². The highest BCUT2D eigenvalue weighted by atomic mass is 16.4. The van der Waals surface area contributed by atoms with E-state index in [4.69, 9.17) is 10.9 Å². The highest BCUT2D eigenvalue weighted by Crippen LogP contribution is 2.18. The van der Waals surface area contributed by atoms with Gasteiger partial charge in [0.15, 0.2) is 0 Å². The number of amidine groups is 1. The number of hydrogen-bond donors (Lipinski definition) is 2. The topological polar surface area (TPSA) is 61.8 Å². The summed E-state index contributed by atoms with van der Waals surface area (Å²) in [6.07, 6.45) is 7.15. The van der Waals surface area contributed by atoms with Gasteiger partial charge in [-0.1, -0.05) is 24.9 Å². The molecule has 15 heavy (non-hydrogen) atoms. The second kappa shape index (κ2) is 6.67. The molecule has 0 saturated carbocycles. The molecule has 3 N–H and O–H groups in total. The van der Waals surface area contributed by atoms with E-state index >= 15 is 0 Å². The van der Waals surface area contributed by atoms with Crippen LogP contribution in [0.15, 0.2) is 5.16 Å². The van der Waals surface area contributed by atoms with Crippen LogP contribution in [0.1, 0.15) is 45.4 Å². The van der Waals surface area contributed by atoms with Crippen LogP contribution in [0.2, 0.25) is 0 Å². The number of rotatable bonds is 4. The van der Waals surface area contributed by atoms with Gasteiger partial charge in [-0.15, -0.1) is 0 Å². The predicted octanol–water partition coefficient (Wildman–Crippen LogP) is 1.78. The van der Waals surface area contributed by atoms with Crippen molar-refractivity contribution in [2.45, 2.75) is 51.5 Å². The van der Waals surface area contributed by atoms with Crippen molar-refractivity contribution in [1.29, 1.82) is 0 Å². The van der Waals surface area contributed by atoms with Crippen LogP contribution in [0.4, 0.5) is 0 Å². The maximum Gasteiger partial charge on any atom is 0.140 e. The van der Waals surface area contributed by atoms with E-state index in [1.165, 1.54) is 32.1 Å². The summed E-state index contributed by atoms with van der Waals surface area (Å²) in [4.78, 5) is 2.49. The SMILES string of the molecule is CCC1CCCCCN1CCC(N)=NO. The highest BCUT2D eigenvalue weighted by molar-refractivity contribution is 5.79. The first-order chi connectivity index (χ1) is 7.27. The lowest BCUT2D eigenvalue weighted by Crippen LogP contribution is -2.36. The Morgan fingerprint density at radius 3 is 2.93 bits per heavy atom. The molecule has 1 saturated heterocycles. The molecule has 1 unspecified atom stereocenters. The van der Waals surface area contributed by atoms with Crippen molar-refractivity contribution in [2.75, 3.05) is 13.1 Å². The Labute approximate surface area is 92.1 Å². The van der Waals surface area contributed by atoms with Gasteiger partial charge in [-0.2, -0.15) is 0 Å². The van der Waals surface area contributed by atoms with Gasteiger partial charge in [0.05, 0.1) is 0 Å². The third-order valence-corrected chi connectivity index (χ3v) is 3.25. The first kappa shape index (κ1) is 12.3. The Kier molecular flexibility index (Phi) is 5.47. The third kappa shape index (κ3) is 4.08. The van der Waals surface area contributed by atoms with Crippen LogP contribution >= 0.6 is 0 Å². The number of hydrogen-bond acceptors (Lipinski definition) is 3. The molecule has 1 aliphatic heterocycles. The van der Waals surface area contributed by atoms with E-state index in [-0.39, 0.29) is 0 Å². The Morgan fingerprint density at radius 1 is 1.47 bits per heavy atom. The van der Waals surface area contributed by atoms with Crippen molar-refractivity contribution in [3.63, 3.8) is 0 Å². The van der Waals surface area contributed by atoms with E-state index in [2.05, 4.69) is 17.0 Å². The molecule has 1 heterocycles. The number of nitrogens with two attached hydrogens (primary N) is 1. The van der Waals surface area contributed by atoms with Gasteiger partial charge in [0.2, 0.25) is 0 Å². The molecule has 1 aliphatic rings. The molecule has 0 spiro atoms. The van der Waals surface area contributed by atoms with Crippen LogP contribution in [0.25, 0.3) is 0 Å². The Hall–Kier alpha value is -0.770. The fraction of sp³-hybridized carbons (Fsp3) is 0.909. The van der Waals surface area contributed by atoms with Gasteiger partial charge in [0, 0.05) is 19.0 Å². The maximum atomic E-state index is 8.49. The van der Waals surface area contributed by atoms with Gasteiger partial charge in [0.1, 0.15) is 5.84 Å². The normalized spacial score (nSPS) is 25.1.